The molecule has 0 radical (unpaired) electrons. The van der Waals surface area contributed by atoms with E-state index in [0.29, 0.717) is 6.42 Å². The molecule has 10 atom stereocenters. The van der Waals surface area contributed by atoms with E-state index in [0.717, 1.165) is 0 Å². The maximum Gasteiger partial charge on any atom is 0.218 e. The van der Waals surface area contributed by atoms with Crippen LogP contribution in [0.2, 0.25) is 0 Å². The number of hydrogen-bond acceptors (Lipinski definition) is 15. The molecule has 200 valence electrons. The van der Waals surface area contributed by atoms with Gasteiger partial charge in [0.15, 0.2) is 18.7 Å². The van der Waals surface area contributed by atoms with Crippen molar-refractivity contribution in [2.24, 2.45) is 5.92 Å². The van der Waals surface area contributed by atoms with Crippen LogP contribution >= 0.6 is 0 Å². The molecule has 3 saturated heterocycles. The van der Waals surface area contributed by atoms with Gasteiger partial charge in [0, 0.05) is 12.5 Å². The lowest BCUT2D eigenvalue weighted by Gasteiger charge is -2.46. The smallest absolute Gasteiger partial charge is 0.218 e. The Balaban J connectivity index is 1.82. The molecular formula is C17H28O15S2-2. The highest BCUT2D eigenvalue weighted by Gasteiger charge is 2.56. The summed E-state index contributed by atoms with van der Waals surface area (Å²) in [4.78, 5) is 0. The summed E-state index contributed by atoms with van der Waals surface area (Å²) in [5, 5.41) is 20.6. The highest BCUT2D eigenvalue weighted by Crippen LogP contribution is 2.39. The fourth-order valence-electron chi connectivity index (χ4n) is 4.46. The third-order valence-electron chi connectivity index (χ3n) is 5.74. The standard InChI is InChI=1S/C17H30O15S2/c1-3-5-8-11(19)16(28-9(6-18)12(8)31-33(20,21)22)30-13-10-7-27-14(13)15(32-34(23,24)25)17(29-10)26-4-2/h8-19H,3-7H2,1-2H3,(H,20,21,22)(H,23,24,25)/p-2/t8-,9?,10?,11?,12-,13+,14?,15+,16+,17+/m1/s1. The van der Waals surface area contributed by atoms with Crippen molar-refractivity contribution in [3.63, 3.8) is 0 Å². The fourth-order valence-corrected chi connectivity index (χ4v) is 5.48. The minimum absolute atomic E-state index is 0.0809. The number of aliphatic hydroxyl groups excluding tert-OH is 2. The maximum absolute atomic E-state index is 11.3. The van der Waals surface area contributed by atoms with Crippen LogP contribution in [0.3, 0.4) is 0 Å². The number of ether oxygens (including phenoxy) is 5. The lowest BCUT2D eigenvalue weighted by atomic mass is 9.85. The summed E-state index contributed by atoms with van der Waals surface area (Å²) < 4.78 is 104. The summed E-state index contributed by atoms with van der Waals surface area (Å²) >= 11 is 0. The highest BCUT2D eigenvalue weighted by atomic mass is 32.3. The van der Waals surface area contributed by atoms with Crippen LogP contribution in [-0.2, 0) is 52.8 Å². The second kappa shape index (κ2) is 11.2. The summed E-state index contributed by atoms with van der Waals surface area (Å²) in [5.74, 6) is -0.974. The molecule has 3 fully saturated rings. The van der Waals surface area contributed by atoms with Gasteiger partial charge in [-0.2, -0.15) is 0 Å². The van der Waals surface area contributed by atoms with E-state index in [1.165, 1.54) is 0 Å². The molecule has 0 aromatic rings. The van der Waals surface area contributed by atoms with Crippen molar-refractivity contribution < 1.29 is 68.2 Å². The van der Waals surface area contributed by atoms with E-state index >= 15 is 0 Å². The summed E-state index contributed by atoms with van der Waals surface area (Å²) in [6.45, 7) is 2.64. The average molecular weight is 537 g/mol. The lowest BCUT2D eigenvalue weighted by Crippen LogP contribution is -2.61. The van der Waals surface area contributed by atoms with Crippen LogP contribution in [-0.4, -0.2) is 111 Å². The van der Waals surface area contributed by atoms with E-state index in [4.69, 9.17) is 23.7 Å². The number of hydrogen-bond donors (Lipinski definition) is 2. The predicted octanol–water partition coefficient (Wildman–Crippen LogP) is -2.28. The molecule has 15 nitrogen and oxygen atoms in total. The van der Waals surface area contributed by atoms with Crippen LogP contribution in [0.5, 0.6) is 0 Å². The molecular weight excluding hydrogens is 508 g/mol. The molecule has 0 aliphatic carbocycles. The van der Waals surface area contributed by atoms with Crippen molar-refractivity contribution in [3.8, 4) is 0 Å². The van der Waals surface area contributed by atoms with Crippen LogP contribution in [0.25, 0.3) is 0 Å². The largest absolute Gasteiger partial charge is 0.726 e. The van der Waals surface area contributed by atoms with Crippen LogP contribution in [0.1, 0.15) is 26.7 Å². The Morgan fingerprint density at radius 2 is 1.62 bits per heavy atom. The molecule has 0 spiro atoms. The molecule has 4 unspecified atom stereocenters. The molecule has 3 rings (SSSR count). The Labute approximate surface area is 197 Å². The van der Waals surface area contributed by atoms with Gasteiger partial charge in [0.1, 0.15) is 36.6 Å². The Hall–Kier alpha value is -0.540. The summed E-state index contributed by atoms with van der Waals surface area (Å²) in [6.07, 6.45) is -11.0. The molecule has 0 saturated carbocycles. The Bertz CT molecular complexity index is 879. The fraction of sp³-hybridized carbons (Fsp3) is 1.00. The zero-order valence-electron chi connectivity index (χ0n) is 18.3. The van der Waals surface area contributed by atoms with Gasteiger partial charge < -0.3 is 43.0 Å². The van der Waals surface area contributed by atoms with Crippen molar-refractivity contribution in [1.29, 1.82) is 0 Å². The summed E-state index contributed by atoms with van der Waals surface area (Å²) in [6, 6.07) is 0. The molecule has 34 heavy (non-hydrogen) atoms. The minimum atomic E-state index is -5.18. The zero-order valence-corrected chi connectivity index (χ0v) is 20.0. The molecule has 0 aromatic carbocycles. The maximum atomic E-state index is 11.3. The van der Waals surface area contributed by atoms with E-state index in [-0.39, 0.29) is 19.6 Å². The van der Waals surface area contributed by atoms with Gasteiger partial charge in [0.2, 0.25) is 20.8 Å². The first-order valence-corrected chi connectivity index (χ1v) is 13.3. The first-order valence-electron chi connectivity index (χ1n) is 10.6. The Morgan fingerprint density at radius 3 is 2.18 bits per heavy atom. The molecule has 17 heteroatoms. The zero-order chi connectivity index (χ0) is 25.3. The van der Waals surface area contributed by atoms with E-state index < -0.39 is 88.6 Å². The normalized spacial score (nSPS) is 41.0. The topological polar surface area (TPSA) is 219 Å². The minimum Gasteiger partial charge on any atom is -0.726 e. The monoisotopic (exact) mass is 536 g/mol. The van der Waals surface area contributed by atoms with Crippen molar-refractivity contribution in [1.82, 2.24) is 0 Å². The third-order valence-corrected chi connectivity index (χ3v) is 6.66. The van der Waals surface area contributed by atoms with Crippen molar-refractivity contribution >= 4 is 20.8 Å². The van der Waals surface area contributed by atoms with E-state index in [1.54, 1.807) is 13.8 Å². The molecule has 0 amide bonds. The number of rotatable bonds is 11. The van der Waals surface area contributed by atoms with Gasteiger partial charge in [-0.3, -0.25) is 8.37 Å². The molecule has 0 aromatic heterocycles. The predicted molar refractivity (Wildman–Crippen MR) is 104 cm³/mol. The van der Waals surface area contributed by atoms with Gasteiger partial charge >= 0.3 is 0 Å². The molecule has 3 heterocycles. The number of fused-ring (bicyclic) bond motifs is 2. The second-order valence-corrected chi connectivity index (χ2v) is 10.0. The van der Waals surface area contributed by atoms with Crippen molar-refractivity contribution in [2.75, 3.05) is 19.8 Å². The van der Waals surface area contributed by atoms with Crippen molar-refractivity contribution in [3.05, 3.63) is 0 Å². The first kappa shape index (κ1) is 28.0. The van der Waals surface area contributed by atoms with E-state index in [1.807, 2.05) is 0 Å². The van der Waals surface area contributed by atoms with Crippen LogP contribution < -0.4 is 0 Å². The van der Waals surface area contributed by atoms with Crippen molar-refractivity contribution in [2.45, 2.75) is 82.0 Å². The third kappa shape index (κ3) is 6.61. The quantitative estimate of drug-likeness (QED) is 0.210. The molecule has 3 aliphatic heterocycles. The van der Waals surface area contributed by atoms with Gasteiger partial charge in [-0.05, 0) is 13.3 Å². The van der Waals surface area contributed by atoms with Gasteiger partial charge in [-0.25, -0.2) is 16.8 Å². The lowest BCUT2D eigenvalue weighted by molar-refractivity contribution is -0.331. The Kier molecular flexibility index (Phi) is 9.27. The van der Waals surface area contributed by atoms with Gasteiger partial charge in [-0.1, -0.05) is 13.3 Å². The van der Waals surface area contributed by atoms with Gasteiger partial charge in [0.25, 0.3) is 0 Å². The second-order valence-electron chi connectivity index (χ2n) is 8.00. The number of aliphatic hydroxyl groups is 2. The average Bonchev–Trinajstić information content (AvgIpc) is 3.02. The Morgan fingerprint density at radius 1 is 0.971 bits per heavy atom. The van der Waals surface area contributed by atoms with Crippen LogP contribution in [0, 0.1) is 5.92 Å². The van der Waals surface area contributed by atoms with Crippen LogP contribution in [0.4, 0.5) is 0 Å². The SMILES string of the molecule is CCC[C@@H]1C(O)[C@H](O[C@H]2C3COC2[C@H](OS(=O)(=O)[O-])[C@@H](OCC)O3)OC(CO)[C@@H]1OS(=O)(=O)[O-]. The summed E-state index contributed by atoms with van der Waals surface area (Å²) in [7, 11) is -10.4. The summed E-state index contributed by atoms with van der Waals surface area (Å²) in [5.41, 5.74) is 0. The molecule has 3 aliphatic rings. The van der Waals surface area contributed by atoms with E-state index in [2.05, 4.69) is 8.37 Å². The first-order chi connectivity index (χ1) is 15.9. The van der Waals surface area contributed by atoms with E-state index in [9.17, 15) is 36.2 Å². The van der Waals surface area contributed by atoms with Gasteiger partial charge in [0.05, 0.1) is 13.2 Å². The molecule has 2 N–H and O–H groups in total. The van der Waals surface area contributed by atoms with Gasteiger partial charge in [-0.15, -0.1) is 0 Å². The highest BCUT2D eigenvalue weighted by molar-refractivity contribution is 7.81. The van der Waals surface area contributed by atoms with Crippen LogP contribution in [0.15, 0.2) is 0 Å². The molecule has 2 bridgehead atoms.